The van der Waals surface area contributed by atoms with Crippen LogP contribution in [-0.2, 0) is 4.74 Å². The molecule has 0 bridgehead atoms. The van der Waals surface area contributed by atoms with Crippen molar-refractivity contribution in [3.8, 4) is 5.75 Å². The molecule has 2 aliphatic heterocycles. The molecule has 0 aliphatic carbocycles. The third kappa shape index (κ3) is 2.42. The topological polar surface area (TPSA) is 38.8 Å². The Morgan fingerprint density at radius 2 is 1.76 bits per heavy atom. The number of ether oxygens (including phenoxy) is 2. The SMILES string of the molecule is CC1(C)OC(=O)N(c2ccccc2)C12C=Cc1cc(Br)cc(Br)c1O2. The van der Waals surface area contributed by atoms with Crippen molar-refractivity contribution >= 4 is 49.7 Å². The molecule has 0 saturated carbocycles. The highest BCUT2D eigenvalue weighted by atomic mass is 79.9. The summed E-state index contributed by atoms with van der Waals surface area (Å²) in [6, 6.07) is 13.3. The number of carbonyl (C=O) groups excluding carboxylic acids is 1. The van der Waals surface area contributed by atoms with Crippen LogP contribution >= 0.6 is 31.9 Å². The molecule has 0 N–H and O–H groups in total. The molecule has 1 spiro atoms. The van der Waals surface area contributed by atoms with Crippen LogP contribution in [0.4, 0.5) is 10.5 Å². The highest BCUT2D eigenvalue weighted by Gasteiger charge is 2.63. The number of anilines is 1. The first-order valence-corrected chi connectivity index (χ1v) is 9.38. The zero-order valence-corrected chi connectivity index (χ0v) is 16.8. The molecule has 0 aromatic heterocycles. The van der Waals surface area contributed by atoms with E-state index in [1.54, 1.807) is 4.90 Å². The minimum atomic E-state index is -1.07. The molecule has 1 saturated heterocycles. The highest BCUT2D eigenvalue weighted by molar-refractivity contribution is 9.11. The van der Waals surface area contributed by atoms with Gasteiger partial charge in [0.05, 0.1) is 10.2 Å². The van der Waals surface area contributed by atoms with Crippen molar-refractivity contribution in [3.05, 3.63) is 63.0 Å². The molecular weight excluding hydrogens is 450 g/mol. The Balaban J connectivity index is 1.90. The number of benzene rings is 2. The summed E-state index contributed by atoms with van der Waals surface area (Å²) in [7, 11) is 0. The van der Waals surface area contributed by atoms with E-state index in [1.165, 1.54) is 0 Å². The second-order valence-electron chi connectivity index (χ2n) is 6.49. The van der Waals surface area contributed by atoms with E-state index in [2.05, 4.69) is 31.9 Å². The summed E-state index contributed by atoms with van der Waals surface area (Å²) >= 11 is 7.05. The van der Waals surface area contributed by atoms with Crippen molar-refractivity contribution in [1.82, 2.24) is 0 Å². The number of carbonyl (C=O) groups is 1. The van der Waals surface area contributed by atoms with Crippen LogP contribution < -0.4 is 9.64 Å². The highest BCUT2D eigenvalue weighted by Crippen LogP contribution is 2.49. The van der Waals surface area contributed by atoms with E-state index in [0.29, 0.717) is 5.75 Å². The molecule has 4 nitrogen and oxygen atoms in total. The van der Waals surface area contributed by atoms with Crippen molar-refractivity contribution in [3.63, 3.8) is 0 Å². The zero-order valence-electron chi connectivity index (χ0n) is 13.6. The second-order valence-corrected chi connectivity index (χ2v) is 8.26. The lowest BCUT2D eigenvalue weighted by molar-refractivity contribution is -0.0383. The number of amides is 1. The molecule has 6 heteroatoms. The number of para-hydroxylation sites is 1. The van der Waals surface area contributed by atoms with Crippen LogP contribution in [0, 0.1) is 0 Å². The quantitative estimate of drug-likeness (QED) is 0.539. The van der Waals surface area contributed by atoms with Crippen LogP contribution in [0.1, 0.15) is 19.4 Å². The van der Waals surface area contributed by atoms with Crippen LogP contribution in [0.25, 0.3) is 6.08 Å². The van der Waals surface area contributed by atoms with E-state index in [9.17, 15) is 4.79 Å². The minimum absolute atomic E-state index is 0.433. The van der Waals surface area contributed by atoms with Crippen molar-refractivity contribution in [2.24, 2.45) is 0 Å². The predicted octanol–water partition coefficient (Wildman–Crippen LogP) is 5.75. The summed E-state index contributed by atoms with van der Waals surface area (Å²) in [6.45, 7) is 3.71. The van der Waals surface area contributed by atoms with Gasteiger partial charge in [0.1, 0.15) is 5.75 Å². The van der Waals surface area contributed by atoms with Crippen LogP contribution in [0.15, 0.2) is 57.5 Å². The molecule has 0 radical (unpaired) electrons. The normalized spacial score (nSPS) is 23.4. The van der Waals surface area contributed by atoms with Gasteiger partial charge in [0.2, 0.25) is 0 Å². The Morgan fingerprint density at radius 3 is 2.48 bits per heavy atom. The maximum atomic E-state index is 12.7. The van der Waals surface area contributed by atoms with E-state index < -0.39 is 17.4 Å². The fourth-order valence-electron chi connectivity index (χ4n) is 3.26. The summed E-state index contributed by atoms with van der Waals surface area (Å²) in [6.07, 6.45) is 3.43. The Labute approximate surface area is 162 Å². The molecule has 2 aliphatic rings. The van der Waals surface area contributed by atoms with Crippen LogP contribution in [0.3, 0.4) is 0 Å². The summed E-state index contributed by atoms with van der Waals surface area (Å²) in [4.78, 5) is 14.3. The zero-order chi connectivity index (χ0) is 17.8. The minimum Gasteiger partial charge on any atom is -0.458 e. The number of fused-ring (bicyclic) bond motifs is 1. The molecule has 128 valence electrons. The van der Waals surface area contributed by atoms with E-state index in [1.807, 2.05) is 68.5 Å². The van der Waals surface area contributed by atoms with Gasteiger partial charge in [-0.3, -0.25) is 0 Å². The van der Waals surface area contributed by atoms with Crippen LogP contribution in [0.2, 0.25) is 0 Å². The van der Waals surface area contributed by atoms with Gasteiger partial charge in [-0.1, -0.05) is 34.1 Å². The average molecular weight is 465 g/mol. The summed E-state index contributed by atoms with van der Waals surface area (Å²) < 4.78 is 13.9. The number of hydrogen-bond donors (Lipinski definition) is 0. The standard InChI is InChI=1S/C19H15Br2NO3/c1-18(2)19(22(17(23)25-18)14-6-4-3-5-7-14)9-8-12-10-13(20)11-15(21)16(12)24-19/h3-11H,1-2H3. The van der Waals surface area contributed by atoms with Crippen molar-refractivity contribution in [2.45, 2.75) is 25.2 Å². The third-order valence-corrected chi connectivity index (χ3v) is 5.56. The number of rotatable bonds is 1. The predicted molar refractivity (Wildman–Crippen MR) is 104 cm³/mol. The molecule has 1 atom stereocenters. The fraction of sp³-hybridized carbons (Fsp3) is 0.211. The van der Waals surface area contributed by atoms with Gasteiger partial charge in [0.15, 0.2) is 5.60 Å². The van der Waals surface area contributed by atoms with Crippen LogP contribution in [-0.4, -0.2) is 17.4 Å². The number of nitrogens with zero attached hydrogens (tertiary/aromatic N) is 1. The summed E-state index contributed by atoms with van der Waals surface area (Å²) in [5, 5.41) is 0. The Morgan fingerprint density at radius 1 is 1.04 bits per heavy atom. The first-order chi connectivity index (χ1) is 11.8. The molecule has 4 rings (SSSR count). The van der Waals surface area contributed by atoms with Crippen molar-refractivity contribution in [2.75, 3.05) is 4.90 Å². The number of halogens is 2. The van der Waals surface area contributed by atoms with E-state index in [4.69, 9.17) is 9.47 Å². The maximum absolute atomic E-state index is 12.7. The van der Waals surface area contributed by atoms with Gasteiger partial charge in [-0.05, 0) is 66.2 Å². The molecule has 1 fully saturated rings. The Hall–Kier alpha value is -1.79. The van der Waals surface area contributed by atoms with E-state index in [-0.39, 0.29) is 0 Å². The maximum Gasteiger partial charge on any atom is 0.418 e. The first kappa shape index (κ1) is 16.7. The monoisotopic (exact) mass is 463 g/mol. The van der Waals surface area contributed by atoms with Gasteiger partial charge >= 0.3 is 6.09 Å². The van der Waals surface area contributed by atoms with E-state index >= 15 is 0 Å². The molecule has 25 heavy (non-hydrogen) atoms. The number of cyclic esters (lactones) is 1. The molecule has 2 aromatic carbocycles. The smallest absolute Gasteiger partial charge is 0.418 e. The van der Waals surface area contributed by atoms with Gasteiger partial charge in [-0.2, -0.15) is 0 Å². The summed E-state index contributed by atoms with van der Waals surface area (Å²) in [5.74, 6) is 0.679. The van der Waals surface area contributed by atoms with Crippen molar-refractivity contribution in [1.29, 1.82) is 0 Å². The van der Waals surface area contributed by atoms with Crippen LogP contribution in [0.5, 0.6) is 5.75 Å². The van der Waals surface area contributed by atoms with Gasteiger partial charge in [-0.15, -0.1) is 0 Å². The number of hydrogen-bond acceptors (Lipinski definition) is 3. The van der Waals surface area contributed by atoms with Gasteiger partial charge in [0, 0.05) is 10.0 Å². The lowest BCUT2D eigenvalue weighted by atomic mass is 9.90. The first-order valence-electron chi connectivity index (χ1n) is 7.80. The largest absolute Gasteiger partial charge is 0.458 e. The second kappa shape index (κ2) is 5.61. The fourth-order valence-corrected chi connectivity index (χ4v) is 4.60. The third-order valence-electron chi connectivity index (χ3n) is 4.52. The summed E-state index contributed by atoms with van der Waals surface area (Å²) in [5.41, 5.74) is -0.301. The average Bonchev–Trinajstić information content (AvgIpc) is 2.74. The lowest BCUT2D eigenvalue weighted by Crippen LogP contribution is -2.60. The molecule has 1 amide bonds. The Bertz CT molecular complexity index is 895. The Kier molecular flexibility index (Phi) is 3.74. The molecule has 2 heterocycles. The van der Waals surface area contributed by atoms with Gasteiger partial charge < -0.3 is 9.47 Å². The van der Waals surface area contributed by atoms with Crippen molar-refractivity contribution < 1.29 is 14.3 Å². The van der Waals surface area contributed by atoms with E-state index in [0.717, 1.165) is 20.2 Å². The lowest BCUT2D eigenvalue weighted by Gasteiger charge is -2.42. The van der Waals surface area contributed by atoms with Gasteiger partial charge in [-0.25, -0.2) is 9.69 Å². The van der Waals surface area contributed by atoms with Gasteiger partial charge in [0.25, 0.3) is 5.72 Å². The molecular formula is C19H15Br2NO3. The molecule has 1 unspecified atom stereocenters. The molecule has 2 aromatic rings.